The van der Waals surface area contributed by atoms with Gasteiger partial charge in [0.15, 0.2) is 0 Å². The van der Waals surface area contributed by atoms with Crippen LogP contribution in [0.1, 0.15) is 50.2 Å². The Balaban J connectivity index is 1.91. The van der Waals surface area contributed by atoms with Crippen molar-refractivity contribution in [1.29, 1.82) is 0 Å². The zero-order valence-electron chi connectivity index (χ0n) is 10.7. The molecule has 1 heteroatoms. The van der Waals surface area contributed by atoms with Crippen LogP contribution < -0.4 is 5.32 Å². The second-order valence-corrected chi connectivity index (χ2v) is 5.72. The molecule has 0 radical (unpaired) electrons. The predicted molar refractivity (Wildman–Crippen MR) is 73.1 cm³/mol. The fraction of sp³-hybridized carbons (Fsp3) is 0.500. The smallest absolute Gasteiger partial charge is 0.0259 e. The summed E-state index contributed by atoms with van der Waals surface area (Å²) in [6, 6.07) is 10.4. The molecule has 1 nitrogen and oxygen atoms in total. The van der Waals surface area contributed by atoms with Gasteiger partial charge in [0, 0.05) is 12.1 Å². The Morgan fingerprint density at radius 1 is 1.24 bits per heavy atom. The molecular weight excluding hydrogens is 206 g/mol. The Kier molecular flexibility index (Phi) is 2.79. The molecule has 1 N–H and O–H groups in total. The SMILES string of the molecule is CC(C)c1cccc(C2=CC3CCC(C2)N3)c1. The van der Waals surface area contributed by atoms with Crippen molar-refractivity contribution in [3.63, 3.8) is 0 Å². The van der Waals surface area contributed by atoms with E-state index >= 15 is 0 Å². The first-order valence-electron chi connectivity index (χ1n) is 6.79. The van der Waals surface area contributed by atoms with Gasteiger partial charge in [-0.2, -0.15) is 0 Å². The zero-order chi connectivity index (χ0) is 11.8. The van der Waals surface area contributed by atoms with Crippen molar-refractivity contribution in [1.82, 2.24) is 5.32 Å². The van der Waals surface area contributed by atoms with Gasteiger partial charge in [-0.3, -0.25) is 0 Å². The van der Waals surface area contributed by atoms with Gasteiger partial charge in [-0.05, 0) is 41.9 Å². The first-order valence-corrected chi connectivity index (χ1v) is 6.79. The fourth-order valence-corrected chi connectivity index (χ4v) is 3.03. The molecule has 0 amide bonds. The van der Waals surface area contributed by atoms with E-state index in [1.807, 2.05) is 0 Å². The summed E-state index contributed by atoms with van der Waals surface area (Å²) in [6.07, 6.45) is 6.31. The van der Waals surface area contributed by atoms with Gasteiger partial charge in [-0.15, -0.1) is 0 Å². The van der Waals surface area contributed by atoms with Crippen molar-refractivity contribution < 1.29 is 0 Å². The highest BCUT2D eigenvalue weighted by molar-refractivity contribution is 5.68. The van der Waals surface area contributed by atoms with Crippen molar-refractivity contribution in [2.75, 3.05) is 0 Å². The highest BCUT2D eigenvalue weighted by Gasteiger charge is 2.28. The largest absolute Gasteiger partial charge is 0.307 e. The topological polar surface area (TPSA) is 12.0 Å². The quantitative estimate of drug-likeness (QED) is 0.812. The molecule has 0 aliphatic carbocycles. The Labute approximate surface area is 104 Å². The Morgan fingerprint density at radius 3 is 2.88 bits per heavy atom. The molecule has 0 aromatic heterocycles. The molecule has 3 rings (SSSR count). The summed E-state index contributed by atoms with van der Waals surface area (Å²) < 4.78 is 0. The maximum Gasteiger partial charge on any atom is 0.0259 e. The maximum absolute atomic E-state index is 3.65. The number of hydrogen-bond acceptors (Lipinski definition) is 1. The van der Waals surface area contributed by atoms with Crippen LogP contribution in [0.5, 0.6) is 0 Å². The van der Waals surface area contributed by atoms with Crippen molar-refractivity contribution in [2.24, 2.45) is 0 Å². The lowest BCUT2D eigenvalue weighted by Gasteiger charge is -2.22. The number of fused-ring (bicyclic) bond motifs is 2. The molecule has 1 fully saturated rings. The van der Waals surface area contributed by atoms with E-state index in [-0.39, 0.29) is 0 Å². The van der Waals surface area contributed by atoms with Crippen LogP contribution in [-0.4, -0.2) is 12.1 Å². The first-order chi connectivity index (χ1) is 8.22. The van der Waals surface area contributed by atoms with Gasteiger partial charge < -0.3 is 5.32 Å². The van der Waals surface area contributed by atoms with Crippen LogP contribution in [0.25, 0.3) is 5.57 Å². The predicted octanol–water partition coefficient (Wildman–Crippen LogP) is 3.72. The average molecular weight is 227 g/mol. The van der Waals surface area contributed by atoms with Crippen LogP contribution in [0.3, 0.4) is 0 Å². The van der Waals surface area contributed by atoms with Gasteiger partial charge in [0.25, 0.3) is 0 Å². The second kappa shape index (κ2) is 4.30. The van der Waals surface area contributed by atoms with Crippen LogP contribution in [0, 0.1) is 0 Å². The van der Waals surface area contributed by atoms with Crippen LogP contribution >= 0.6 is 0 Å². The molecule has 0 saturated carbocycles. The Morgan fingerprint density at radius 2 is 2.12 bits per heavy atom. The van der Waals surface area contributed by atoms with Gasteiger partial charge in [0.05, 0.1) is 0 Å². The summed E-state index contributed by atoms with van der Waals surface area (Å²) in [6.45, 7) is 4.53. The molecule has 2 bridgehead atoms. The number of rotatable bonds is 2. The molecule has 90 valence electrons. The highest BCUT2D eigenvalue weighted by Crippen LogP contribution is 2.32. The summed E-state index contributed by atoms with van der Waals surface area (Å²) in [7, 11) is 0. The third-order valence-corrected chi connectivity index (χ3v) is 4.07. The molecule has 2 aliphatic heterocycles. The second-order valence-electron chi connectivity index (χ2n) is 5.72. The molecule has 1 saturated heterocycles. The van der Waals surface area contributed by atoms with Gasteiger partial charge in [0.2, 0.25) is 0 Å². The summed E-state index contributed by atoms with van der Waals surface area (Å²) >= 11 is 0. The monoisotopic (exact) mass is 227 g/mol. The molecule has 1 aromatic rings. The molecule has 0 spiro atoms. The normalized spacial score (nSPS) is 27.4. The van der Waals surface area contributed by atoms with Gasteiger partial charge in [0.1, 0.15) is 0 Å². The molecule has 2 atom stereocenters. The first kappa shape index (κ1) is 11.0. The summed E-state index contributed by atoms with van der Waals surface area (Å²) in [5.41, 5.74) is 4.45. The van der Waals surface area contributed by atoms with Crippen molar-refractivity contribution in [2.45, 2.75) is 51.1 Å². The van der Waals surface area contributed by atoms with E-state index in [0.29, 0.717) is 12.0 Å². The third kappa shape index (κ3) is 2.16. The number of nitrogens with one attached hydrogen (secondary N) is 1. The third-order valence-electron chi connectivity index (χ3n) is 4.07. The minimum Gasteiger partial charge on any atom is -0.307 e. The average Bonchev–Trinajstić information content (AvgIpc) is 2.68. The number of hydrogen-bond donors (Lipinski definition) is 1. The summed E-state index contributed by atoms with van der Waals surface area (Å²) in [4.78, 5) is 0. The van der Waals surface area contributed by atoms with E-state index in [2.05, 4.69) is 49.5 Å². The van der Waals surface area contributed by atoms with E-state index in [0.717, 1.165) is 6.04 Å². The molecule has 2 unspecified atom stereocenters. The highest BCUT2D eigenvalue weighted by atomic mass is 15.0. The lowest BCUT2D eigenvalue weighted by molar-refractivity contribution is 0.575. The fourth-order valence-electron chi connectivity index (χ4n) is 3.03. The maximum atomic E-state index is 3.65. The van der Waals surface area contributed by atoms with Crippen LogP contribution in [0.4, 0.5) is 0 Å². The van der Waals surface area contributed by atoms with Crippen molar-refractivity contribution in [3.8, 4) is 0 Å². The lowest BCUT2D eigenvalue weighted by Crippen LogP contribution is -2.31. The van der Waals surface area contributed by atoms with Gasteiger partial charge in [-0.1, -0.05) is 44.2 Å². The molecule has 1 aromatic carbocycles. The van der Waals surface area contributed by atoms with Gasteiger partial charge >= 0.3 is 0 Å². The molecule has 2 heterocycles. The van der Waals surface area contributed by atoms with Crippen LogP contribution in [-0.2, 0) is 0 Å². The Bertz CT molecular complexity index is 445. The summed E-state index contributed by atoms with van der Waals surface area (Å²) in [5, 5.41) is 3.65. The lowest BCUT2D eigenvalue weighted by atomic mass is 9.92. The minimum absolute atomic E-state index is 0.619. The standard InChI is InChI=1S/C16H21N/c1-11(2)12-4-3-5-13(8-12)14-9-15-6-7-16(10-14)17-15/h3-5,8-9,11,15-17H,6-7,10H2,1-2H3. The zero-order valence-corrected chi connectivity index (χ0v) is 10.7. The van der Waals surface area contributed by atoms with E-state index in [1.54, 1.807) is 5.57 Å². The van der Waals surface area contributed by atoms with Crippen LogP contribution in [0.2, 0.25) is 0 Å². The number of benzene rings is 1. The van der Waals surface area contributed by atoms with Crippen molar-refractivity contribution in [3.05, 3.63) is 41.5 Å². The van der Waals surface area contributed by atoms with Crippen molar-refractivity contribution >= 4 is 5.57 Å². The molecule has 2 aliphatic rings. The minimum atomic E-state index is 0.619. The van der Waals surface area contributed by atoms with E-state index in [4.69, 9.17) is 0 Å². The van der Waals surface area contributed by atoms with E-state index in [9.17, 15) is 0 Å². The van der Waals surface area contributed by atoms with E-state index < -0.39 is 0 Å². The molecule has 17 heavy (non-hydrogen) atoms. The molecular formula is C16H21N. The summed E-state index contributed by atoms with van der Waals surface area (Å²) in [5.74, 6) is 0.619. The van der Waals surface area contributed by atoms with E-state index in [1.165, 1.54) is 30.4 Å². The Hall–Kier alpha value is -1.08. The van der Waals surface area contributed by atoms with Gasteiger partial charge in [-0.25, -0.2) is 0 Å². The van der Waals surface area contributed by atoms with Crippen LogP contribution in [0.15, 0.2) is 30.3 Å².